The molecule has 0 amide bonds. The second kappa shape index (κ2) is 8.08. The van der Waals surface area contributed by atoms with Crippen molar-refractivity contribution in [3.8, 4) is 0 Å². The molecule has 1 saturated heterocycles. The van der Waals surface area contributed by atoms with E-state index >= 15 is 0 Å². The molecular weight excluding hydrogens is 190 g/mol. The Hall–Kier alpha value is -0.120. The minimum Gasteiger partial charge on any atom is -0.379 e. The van der Waals surface area contributed by atoms with E-state index in [2.05, 4.69) is 12.2 Å². The predicted octanol–water partition coefficient (Wildman–Crippen LogP) is 1.96. The van der Waals surface area contributed by atoms with E-state index in [4.69, 9.17) is 9.47 Å². The van der Waals surface area contributed by atoms with E-state index in [1.54, 1.807) is 0 Å². The third-order valence-corrected chi connectivity index (χ3v) is 3.07. The zero-order valence-corrected chi connectivity index (χ0v) is 10.1. The molecule has 3 nitrogen and oxygen atoms in total. The summed E-state index contributed by atoms with van der Waals surface area (Å²) in [5.41, 5.74) is 0. The van der Waals surface area contributed by atoms with Gasteiger partial charge in [-0.1, -0.05) is 6.92 Å². The molecule has 90 valence electrons. The van der Waals surface area contributed by atoms with E-state index < -0.39 is 0 Å². The van der Waals surface area contributed by atoms with Gasteiger partial charge in [0.15, 0.2) is 0 Å². The van der Waals surface area contributed by atoms with Gasteiger partial charge in [-0.3, -0.25) is 0 Å². The van der Waals surface area contributed by atoms with Crippen LogP contribution in [0.5, 0.6) is 0 Å². The first-order chi connectivity index (χ1) is 7.36. The first kappa shape index (κ1) is 12.9. The normalized spacial score (nSPS) is 23.2. The molecule has 2 atom stereocenters. The molecular formula is C12H25NO2. The molecule has 0 spiro atoms. The Morgan fingerprint density at radius 3 is 3.00 bits per heavy atom. The van der Waals surface area contributed by atoms with Gasteiger partial charge >= 0.3 is 0 Å². The maximum absolute atomic E-state index is 5.60. The molecule has 0 aliphatic carbocycles. The molecule has 0 bridgehead atoms. The monoisotopic (exact) mass is 215 g/mol. The second-order valence-electron chi connectivity index (χ2n) is 4.25. The van der Waals surface area contributed by atoms with Crippen molar-refractivity contribution in [2.24, 2.45) is 0 Å². The van der Waals surface area contributed by atoms with Crippen molar-refractivity contribution in [2.45, 2.75) is 51.2 Å². The molecule has 1 heterocycles. The van der Waals surface area contributed by atoms with Gasteiger partial charge in [-0.25, -0.2) is 0 Å². The van der Waals surface area contributed by atoms with Crippen LogP contribution in [-0.4, -0.2) is 39.0 Å². The Morgan fingerprint density at radius 2 is 2.40 bits per heavy atom. The highest BCUT2D eigenvalue weighted by atomic mass is 16.5. The molecule has 0 aromatic carbocycles. The number of rotatable bonds is 8. The van der Waals surface area contributed by atoms with Crippen LogP contribution in [0.3, 0.4) is 0 Å². The first-order valence-corrected chi connectivity index (χ1v) is 6.23. The molecule has 1 fully saturated rings. The molecule has 3 heteroatoms. The maximum atomic E-state index is 5.60. The van der Waals surface area contributed by atoms with Gasteiger partial charge < -0.3 is 14.8 Å². The van der Waals surface area contributed by atoms with Gasteiger partial charge in [-0.15, -0.1) is 0 Å². The Kier molecular flexibility index (Phi) is 6.98. The fourth-order valence-electron chi connectivity index (χ4n) is 1.97. The maximum Gasteiger partial charge on any atom is 0.0809 e. The molecule has 2 unspecified atom stereocenters. The van der Waals surface area contributed by atoms with E-state index in [9.17, 15) is 0 Å². The highest BCUT2D eigenvalue weighted by Crippen LogP contribution is 2.12. The standard InChI is InChI=1S/C12H25NO2/c1-3-11(13-2)6-4-8-14-10-12-7-5-9-15-12/h11-13H,3-10H2,1-2H3. The van der Waals surface area contributed by atoms with Crippen molar-refractivity contribution < 1.29 is 9.47 Å². The minimum absolute atomic E-state index is 0.372. The summed E-state index contributed by atoms with van der Waals surface area (Å²) in [7, 11) is 2.03. The average molecular weight is 215 g/mol. The summed E-state index contributed by atoms with van der Waals surface area (Å²) < 4.78 is 11.1. The van der Waals surface area contributed by atoms with Gasteiger partial charge in [0.25, 0.3) is 0 Å². The first-order valence-electron chi connectivity index (χ1n) is 6.23. The van der Waals surface area contributed by atoms with Gasteiger partial charge in [0.1, 0.15) is 0 Å². The van der Waals surface area contributed by atoms with Crippen LogP contribution in [0.4, 0.5) is 0 Å². The Balaban J connectivity index is 1.87. The van der Waals surface area contributed by atoms with Crippen LogP contribution in [0.25, 0.3) is 0 Å². The van der Waals surface area contributed by atoms with Crippen LogP contribution in [0.1, 0.15) is 39.0 Å². The minimum atomic E-state index is 0.372. The zero-order chi connectivity index (χ0) is 10.9. The van der Waals surface area contributed by atoms with Crippen molar-refractivity contribution >= 4 is 0 Å². The average Bonchev–Trinajstić information content (AvgIpc) is 2.76. The fourth-order valence-corrected chi connectivity index (χ4v) is 1.97. The Bertz CT molecular complexity index is 139. The second-order valence-corrected chi connectivity index (χ2v) is 4.25. The summed E-state index contributed by atoms with van der Waals surface area (Å²) in [6, 6.07) is 0.649. The summed E-state index contributed by atoms with van der Waals surface area (Å²) in [4.78, 5) is 0. The highest BCUT2D eigenvalue weighted by molar-refractivity contribution is 4.64. The highest BCUT2D eigenvalue weighted by Gasteiger charge is 2.14. The van der Waals surface area contributed by atoms with E-state index in [0.29, 0.717) is 12.1 Å². The third-order valence-electron chi connectivity index (χ3n) is 3.07. The van der Waals surface area contributed by atoms with Crippen LogP contribution in [0.15, 0.2) is 0 Å². The summed E-state index contributed by atoms with van der Waals surface area (Å²) in [6.45, 7) is 4.80. The fraction of sp³-hybridized carbons (Fsp3) is 1.00. The van der Waals surface area contributed by atoms with E-state index in [-0.39, 0.29) is 0 Å². The summed E-state index contributed by atoms with van der Waals surface area (Å²) >= 11 is 0. The molecule has 0 aromatic heterocycles. The van der Waals surface area contributed by atoms with Crippen LogP contribution >= 0.6 is 0 Å². The van der Waals surface area contributed by atoms with Crippen LogP contribution in [-0.2, 0) is 9.47 Å². The molecule has 1 aliphatic heterocycles. The molecule has 0 radical (unpaired) electrons. The third kappa shape index (κ3) is 5.50. The number of hydrogen-bond donors (Lipinski definition) is 1. The lowest BCUT2D eigenvalue weighted by molar-refractivity contribution is 0.0157. The molecule has 0 saturated carbocycles. The summed E-state index contributed by atoms with van der Waals surface area (Å²) in [5.74, 6) is 0. The molecule has 0 aromatic rings. The lowest BCUT2D eigenvalue weighted by Gasteiger charge is -2.14. The van der Waals surface area contributed by atoms with Gasteiger partial charge in [0, 0.05) is 19.3 Å². The smallest absolute Gasteiger partial charge is 0.0809 e. The summed E-state index contributed by atoms with van der Waals surface area (Å²) in [6.07, 6.45) is 6.29. The molecule has 1 N–H and O–H groups in total. The van der Waals surface area contributed by atoms with Gasteiger partial charge in [-0.05, 0) is 39.2 Å². The Labute approximate surface area is 93.5 Å². The number of nitrogens with one attached hydrogen (secondary N) is 1. The Morgan fingerprint density at radius 1 is 1.53 bits per heavy atom. The SMILES string of the molecule is CCC(CCCOCC1CCCO1)NC. The lowest BCUT2D eigenvalue weighted by Crippen LogP contribution is -2.24. The number of ether oxygens (including phenoxy) is 2. The summed E-state index contributed by atoms with van der Waals surface area (Å²) in [5, 5.41) is 3.30. The van der Waals surface area contributed by atoms with Gasteiger partial charge in [0.2, 0.25) is 0 Å². The van der Waals surface area contributed by atoms with Gasteiger partial charge in [0.05, 0.1) is 12.7 Å². The van der Waals surface area contributed by atoms with E-state index in [1.807, 2.05) is 7.05 Å². The molecule has 15 heavy (non-hydrogen) atoms. The van der Waals surface area contributed by atoms with E-state index in [1.165, 1.54) is 25.7 Å². The van der Waals surface area contributed by atoms with E-state index in [0.717, 1.165) is 26.2 Å². The van der Waals surface area contributed by atoms with Crippen molar-refractivity contribution in [2.75, 3.05) is 26.9 Å². The predicted molar refractivity (Wildman–Crippen MR) is 62.2 cm³/mol. The molecule has 1 aliphatic rings. The zero-order valence-electron chi connectivity index (χ0n) is 10.1. The topological polar surface area (TPSA) is 30.5 Å². The molecule has 1 rings (SSSR count). The quantitative estimate of drug-likeness (QED) is 0.628. The van der Waals surface area contributed by atoms with Crippen molar-refractivity contribution in [3.63, 3.8) is 0 Å². The van der Waals surface area contributed by atoms with Crippen LogP contribution in [0, 0.1) is 0 Å². The van der Waals surface area contributed by atoms with Crippen LogP contribution < -0.4 is 5.32 Å². The largest absolute Gasteiger partial charge is 0.379 e. The lowest BCUT2D eigenvalue weighted by atomic mass is 10.1. The van der Waals surface area contributed by atoms with Crippen molar-refractivity contribution in [1.29, 1.82) is 0 Å². The van der Waals surface area contributed by atoms with Crippen LogP contribution in [0.2, 0.25) is 0 Å². The number of hydrogen-bond acceptors (Lipinski definition) is 3. The van der Waals surface area contributed by atoms with Crippen molar-refractivity contribution in [1.82, 2.24) is 5.32 Å². The van der Waals surface area contributed by atoms with Gasteiger partial charge in [-0.2, -0.15) is 0 Å². The van der Waals surface area contributed by atoms with Crippen molar-refractivity contribution in [3.05, 3.63) is 0 Å².